The minimum atomic E-state index is 0.126. The van der Waals surface area contributed by atoms with Crippen molar-refractivity contribution in [3.05, 3.63) is 42.4 Å². The van der Waals surface area contributed by atoms with Gasteiger partial charge in [-0.15, -0.1) is 0 Å². The Morgan fingerprint density at radius 2 is 2.10 bits per heavy atom. The van der Waals surface area contributed by atoms with Crippen molar-refractivity contribution in [3.63, 3.8) is 0 Å². The minimum absolute atomic E-state index is 0.126. The minimum Gasteiger partial charge on any atom is -0.323 e. The van der Waals surface area contributed by atoms with Crippen LogP contribution in [0.3, 0.4) is 0 Å². The van der Waals surface area contributed by atoms with E-state index < -0.39 is 0 Å². The first kappa shape index (κ1) is 12.8. The van der Waals surface area contributed by atoms with Crippen LogP contribution in [-0.2, 0) is 4.79 Å². The lowest BCUT2D eigenvalue weighted by atomic mass is 9.88. The Morgan fingerprint density at radius 1 is 1.29 bits per heavy atom. The molecule has 2 aliphatic rings. The van der Waals surface area contributed by atoms with Crippen LogP contribution in [0.2, 0.25) is 0 Å². The molecule has 1 N–H and O–H groups in total. The molecule has 0 radical (unpaired) electrons. The molecule has 0 saturated carbocycles. The summed E-state index contributed by atoms with van der Waals surface area (Å²) in [6, 6.07) is 8.50. The van der Waals surface area contributed by atoms with E-state index in [1.807, 2.05) is 18.6 Å². The van der Waals surface area contributed by atoms with Gasteiger partial charge in [-0.2, -0.15) is 0 Å². The number of hydrogen-bond donors (Lipinski definition) is 1. The monoisotopic (exact) mass is 281 g/mol. The molecule has 2 aliphatic heterocycles. The summed E-state index contributed by atoms with van der Waals surface area (Å²) < 4.78 is 2.16. The SMILES string of the molecule is O=C(CC1c2ccccc2-c2cncn21)C1CCNCC1. The third kappa shape index (κ3) is 2.10. The van der Waals surface area contributed by atoms with Gasteiger partial charge in [0.15, 0.2) is 0 Å². The molecule has 0 amide bonds. The molecule has 1 fully saturated rings. The van der Waals surface area contributed by atoms with Gasteiger partial charge >= 0.3 is 0 Å². The van der Waals surface area contributed by atoms with Gasteiger partial charge in [-0.25, -0.2) is 4.98 Å². The number of imidazole rings is 1. The molecule has 0 bridgehead atoms. The fraction of sp³-hybridized carbons (Fsp3) is 0.412. The van der Waals surface area contributed by atoms with Crippen LogP contribution >= 0.6 is 0 Å². The summed E-state index contributed by atoms with van der Waals surface area (Å²) >= 11 is 0. The molecule has 1 aromatic carbocycles. The summed E-state index contributed by atoms with van der Waals surface area (Å²) in [4.78, 5) is 16.9. The van der Waals surface area contributed by atoms with Crippen LogP contribution in [-0.4, -0.2) is 28.4 Å². The Morgan fingerprint density at radius 3 is 2.95 bits per heavy atom. The second-order valence-electron chi connectivity index (χ2n) is 5.98. The molecule has 3 heterocycles. The van der Waals surface area contributed by atoms with Gasteiger partial charge in [-0.05, 0) is 31.5 Å². The van der Waals surface area contributed by atoms with Gasteiger partial charge in [0.1, 0.15) is 5.78 Å². The van der Waals surface area contributed by atoms with Gasteiger partial charge in [-0.3, -0.25) is 4.79 Å². The van der Waals surface area contributed by atoms with Crippen LogP contribution in [0.5, 0.6) is 0 Å². The molecule has 4 rings (SSSR count). The number of carbonyl (C=O) groups is 1. The maximum absolute atomic E-state index is 12.6. The van der Waals surface area contributed by atoms with Crippen molar-refractivity contribution in [1.82, 2.24) is 14.9 Å². The molecular formula is C17H19N3O. The molecule has 1 saturated heterocycles. The normalized spacial score (nSPS) is 21.0. The molecule has 1 unspecified atom stereocenters. The van der Waals surface area contributed by atoms with Crippen molar-refractivity contribution >= 4 is 5.78 Å². The number of nitrogens with one attached hydrogen (secondary N) is 1. The van der Waals surface area contributed by atoms with Gasteiger partial charge in [0, 0.05) is 17.9 Å². The fourth-order valence-electron chi connectivity index (χ4n) is 3.64. The Labute approximate surface area is 124 Å². The largest absolute Gasteiger partial charge is 0.323 e. The number of fused-ring (bicyclic) bond motifs is 3. The second-order valence-corrected chi connectivity index (χ2v) is 5.98. The average Bonchev–Trinajstić information content (AvgIpc) is 3.11. The highest BCUT2D eigenvalue weighted by Crippen LogP contribution is 2.41. The number of carbonyl (C=O) groups excluding carboxylic acids is 1. The summed E-state index contributed by atoms with van der Waals surface area (Å²) in [5, 5.41) is 3.32. The van der Waals surface area contributed by atoms with Crippen molar-refractivity contribution in [2.45, 2.75) is 25.3 Å². The van der Waals surface area contributed by atoms with Gasteiger partial charge in [0.25, 0.3) is 0 Å². The molecule has 2 aromatic rings. The fourth-order valence-corrected chi connectivity index (χ4v) is 3.64. The van der Waals surface area contributed by atoms with Gasteiger partial charge in [0.05, 0.1) is 24.3 Å². The first-order valence-corrected chi connectivity index (χ1v) is 7.69. The first-order valence-electron chi connectivity index (χ1n) is 7.69. The average molecular weight is 281 g/mol. The molecule has 0 spiro atoms. The molecule has 4 nitrogen and oxygen atoms in total. The number of piperidine rings is 1. The maximum atomic E-state index is 12.6. The van der Waals surface area contributed by atoms with E-state index in [1.165, 1.54) is 11.1 Å². The Bertz CT molecular complexity index is 670. The molecule has 4 heteroatoms. The predicted molar refractivity (Wildman–Crippen MR) is 81.0 cm³/mol. The van der Waals surface area contributed by atoms with E-state index in [1.54, 1.807) is 0 Å². The number of ketones is 1. The molecule has 108 valence electrons. The van der Waals surface area contributed by atoms with Crippen molar-refractivity contribution in [3.8, 4) is 11.3 Å². The summed E-state index contributed by atoms with van der Waals surface area (Å²) in [7, 11) is 0. The van der Waals surface area contributed by atoms with Crippen LogP contribution in [0, 0.1) is 5.92 Å². The first-order chi connectivity index (χ1) is 10.3. The van der Waals surface area contributed by atoms with Crippen LogP contribution in [0.1, 0.15) is 30.9 Å². The third-order valence-electron chi connectivity index (χ3n) is 4.79. The topological polar surface area (TPSA) is 46.9 Å². The van der Waals surface area contributed by atoms with Gasteiger partial charge in [0.2, 0.25) is 0 Å². The zero-order valence-corrected chi connectivity index (χ0v) is 12.0. The summed E-state index contributed by atoms with van der Waals surface area (Å²) in [5.41, 5.74) is 3.61. The number of aromatic nitrogens is 2. The van der Waals surface area contributed by atoms with Crippen LogP contribution in [0.4, 0.5) is 0 Å². The lowest BCUT2D eigenvalue weighted by molar-refractivity contribution is -0.124. The van der Waals surface area contributed by atoms with E-state index in [2.05, 4.69) is 33.1 Å². The van der Waals surface area contributed by atoms with E-state index in [0.29, 0.717) is 12.2 Å². The Balaban J connectivity index is 1.62. The van der Waals surface area contributed by atoms with Crippen molar-refractivity contribution in [2.24, 2.45) is 5.92 Å². The van der Waals surface area contributed by atoms with E-state index in [-0.39, 0.29) is 12.0 Å². The molecule has 21 heavy (non-hydrogen) atoms. The zero-order valence-electron chi connectivity index (χ0n) is 12.0. The van der Waals surface area contributed by atoms with Crippen LogP contribution in [0.25, 0.3) is 11.3 Å². The van der Waals surface area contributed by atoms with Gasteiger partial charge < -0.3 is 9.88 Å². The number of hydrogen-bond acceptors (Lipinski definition) is 3. The van der Waals surface area contributed by atoms with E-state index in [4.69, 9.17) is 0 Å². The molecular weight excluding hydrogens is 262 g/mol. The summed E-state index contributed by atoms with van der Waals surface area (Å²) in [6.07, 6.45) is 6.29. The van der Waals surface area contributed by atoms with Crippen molar-refractivity contribution in [1.29, 1.82) is 0 Å². The molecule has 0 aliphatic carbocycles. The predicted octanol–water partition coefficient (Wildman–Crippen LogP) is 2.41. The number of nitrogens with zero attached hydrogens (tertiary/aromatic N) is 2. The Hall–Kier alpha value is -1.94. The maximum Gasteiger partial charge on any atom is 0.138 e. The third-order valence-corrected chi connectivity index (χ3v) is 4.79. The standard InChI is InChI=1S/C17H19N3O/c21-17(12-5-7-18-8-6-12)9-15-13-3-1-2-4-14(13)16-10-19-11-20(15)16/h1-4,10-12,15,18H,5-9H2. The summed E-state index contributed by atoms with van der Waals surface area (Å²) in [6.45, 7) is 1.93. The number of Topliss-reactive ketones (excluding diaryl/α,β-unsaturated/α-hetero) is 1. The number of benzene rings is 1. The number of rotatable bonds is 3. The summed E-state index contributed by atoms with van der Waals surface area (Å²) in [5.74, 6) is 0.629. The second kappa shape index (κ2) is 5.11. The molecule has 1 aromatic heterocycles. The van der Waals surface area contributed by atoms with Crippen molar-refractivity contribution < 1.29 is 4.79 Å². The lowest BCUT2D eigenvalue weighted by Crippen LogP contribution is -2.32. The Kier molecular flexibility index (Phi) is 3.11. The highest BCUT2D eigenvalue weighted by Gasteiger charge is 2.31. The van der Waals surface area contributed by atoms with Gasteiger partial charge in [-0.1, -0.05) is 24.3 Å². The van der Waals surface area contributed by atoms with E-state index >= 15 is 0 Å². The highest BCUT2D eigenvalue weighted by molar-refractivity contribution is 5.83. The molecule has 1 atom stereocenters. The lowest BCUT2D eigenvalue weighted by Gasteiger charge is -2.23. The zero-order chi connectivity index (χ0) is 14.2. The van der Waals surface area contributed by atoms with E-state index in [0.717, 1.165) is 31.6 Å². The van der Waals surface area contributed by atoms with Crippen LogP contribution in [0.15, 0.2) is 36.8 Å². The quantitative estimate of drug-likeness (QED) is 0.940. The smallest absolute Gasteiger partial charge is 0.138 e. The van der Waals surface area contributed by atoms with Crippen molar-refractivity contribution in [2.75, 3.05) is 13.1 Å². The highest BCUT2D eigenvalue weighted by atomic mass is 16.1. The van der Waals surface area contributed by atoms with E-state index in [9.17, 15) is 4.79 Å². The van der Waals surface area contributed by atoms with Crippen LogP contribution < -0.4 is 5.32 Å².